The van der Waals surface area contributed by atoms with Gasteiger partial charge in [-0.1, -0.05) is 42.0 Å². The predicted molar refractivity (Wildman–Crippen MR) is 118 cm³/mol. The van der Waals surface area contributed by atoms with Gasteiger partial charge in [0.25, 0.3) is 10.0 Å². The number of aryl methyl sites for hydroxylation is 1. The molecule has 6 nitrogen and oxygen atoms in total. The van der Waals surface area contributed by atoms with E-state index in [4.69, 9.17) is 4.74 Å². The average molecular weight is 443 g/mol. The lowest BCUT2D eigenvalue weighted by Gasteiger charge is -2.26. The molecule has 1 amide bonds. The van der Waals surface area contributed by atoms with Crippen LogP contribution in [0.1, 0.15) is 12.5 Å². The van der Waals surface area contributed by atoms with Crippen LogP contribution in [0, 0.1) is 12.7 Å². The smallest absolute Gasteiger partial charge is 0.264 e. The number of rotatable bonds is 8. The van der Waals surface area contributed by atoms with Crippen molar-refractivity contribution in [3.8, 4) is 5.75 Å². The largest absolute Gasteiger partial charge is 0.492 e. The molecule has 0 aliphatic rings. The first-order valence-corrected chi connectivity index (χ1v) is 11.1. The summed E-state index contributed by atoms with van der Waals surface area (Å²) in [6.45, 7) is 3.38. The fraction of sp³-hybridized carbons (Fsp3) is 0.174. The number of halogens is 1. The first kappa shape index (κ1) is 22.3. The van der Waals surface area contributed by atoms with E-state index in [1.54, 1.807) is 49.4 Å². The fourth-order valence-corrected chi connectivity index (χ4v) is 4.39. The van der Waals surface area contributed by atoms with Gasteiger partial charge in [0.05, 0.1) is 22.9 Å². The van der Waals surface area contributed by atoms with Gasteiger partial charge < -0.3 is 10.1 Å². The van der Waals surface area contributed by atoms with E-state index in [0.29, 0.717) is 12.4 Å². The number of hydrogen-bond donors (Lipinski definition) is 1. The second kappa shape index (κ2) is 9.61. The second-order valence-electron chi connectivity index (χ2n) is 6.75. The van der Waals surface area contributed by atoms with Crippen LogP contribution in [-0.4, -0.2) is 27.5 Å². The van der Waals surface area contributed by atoms with E-state index in [1.807, 2.05) is 6.92 Å². The van der Waals surface area contributed by atoms with Gasteiger partial charge in [-0.3, -0.25) is 9.10 Å². The molecule has 0 unspecified atom stereocenters. The fourth-order valence-electron chi connectivity index (χ4n) is 2.96. The van der Waals surface area contributed by atoms with Crippen molar-refractivity contribution in [3.05, 3.63) is 84.2 Å². The molecule has 8 heteroatoms. The van der Waals surface area contributed by atoms with Gasteiger partial charge in [0.1, 0.15) is 18.1 Å². The van der Waals surface area contributed by atoms with E-state index in [9.17, 15) is 17.6 Å². The summed E-state index contributed by atoms with van der Waals surface area (Å²) in [5, 5.41) is 2.43. The standard InChI is InChI=1S/C23H23FN2O4S/c1-3-30-22-11-7-6-10-21(22)26(31(28,29)18-14-12-17(2)13-15-18)16-23(27)25-20-9-5-4-8-19(20)24/h4-15H,3,16H2,1-2H3,(H,25,27). The quantitative estimate of drug-likeness (QED) is 0.562. The summed E-state index contributed by atoms with van der Waals surface area (Å²) in [7, 11) is -4.11. The lowest BCUT2D eigenvalue weighted by atomic mass is 10.2. The molecule has 31 heavy (non-hydrogen) atoms. The minimum atomic E-state index is -4.11. The molecule has 0 saturated heterocycles. The Labute approximate surface area is 181 Å². The van der Waals surface area contributed by atoms with Crippen LogP contribution in [0.4, 0.5) is 15.8 Å². The van der Waals surface area contributed by atoms with Crippen LogP contribution in [-0.2, 0) is 14.8 Å². The molecule has 0 aliphatic carbocycles. The van der Waals surface area contributed by atoms with E-state index in [2.05, 4.69) is 5.32 Å². The van der Waals surface area contributed by atoms with Gasteiger partial charge in [0, 0.05) is 0 Å². The summed E-state index contributed by atoms with van der Waals surface area (Å²) in [5.41, 5.74) is 1.09. The number of anilines is 2. The molecule has 0 spiro atoms. The Hall–Kier alpha value is -3.39. The Morgan fingerprint density at radius 1 is 1.00 bits per heavy atom. The summed E-state index contributed by atoms with van der Waals surface area (Å²) >= 11 is 0. The third-order valence-electron chi connectivity index (χ3n) is 4.48. The lowest BCUT2D eigenvalue weighted by molar-refractivity contribution is -0.114. The van der Waals surface area contributed by atoms with Crippen molar-refractivity contribution in [1.82, 2.24) is 0 Å². The highest BCUT2D eigenvalue weighted by Crippen LogP contribution is 2.32. The molecule has 0 bridgehead atoms. The van der Waals surface area contributed by atoms with Gasteiger partial charge in [-0.15, -0.1) is 0 Å². The summed E-state index contributed by atoms with van der Waals surface area (Å²) < 4.78 is 47.4. The molecule has 1 N–H and O–H groups in total. The lowest BCUT2D eigenvalue weighted by Crippen LogP contribution is -2.38. The van der Waals surface area contributed by atoms with Crippen LogP contribution >= 0.6 is 0 Å². The molecule has 0 radical (unpaired) electrons. The second-order valence-corrected chi connectivity index (χ2v) is 8.62. The Morgan fingerprint density at radius 3 is 2.32 bits per heavy atom. The monoisotopic (exact) mass is 442 g/mol. The van der Waals surface area contributed by atoms with Crippen molar-refractivity contribution in [1.29, 1.82) is 0 Å². The van der Waals surface area contributed by atoms with Crippen LogP contribution < -0.4 is 14.4 Å². The van der Waals surface area contributed by atoms with Crippen LogP contribution in [0.15, 0.2) is 77.7 Å². The topological polar surface area (TPSA) is 75.7 Å². The number of amides is 1. The zero-order valence-electron chi connectivity index (χ0n) is 17.2. The minimum Gasteiger partial charge on any atom is -0.492 e. The highest BCUT2D eigenvalue weighted by Gasteiger charge is 2.29. The Bertz CT molecular complexity index is 1160. The van der Waals surface area contributed by atoms with Crippen molar-refractivity contribution in [2.45, 2.75) is 18.7 Å². The summed E-state index contributed by atoms with van der Waals surface area (Å²) in [6, 6.07) is 18.6. The average Bonchev–Trinajstić information content (AvgIpc) is 2.75. The van der Waals surface area contributed by atoms with E-state index < -0.39 is 28.3 Å². The Morgan fingerprint density at radius 2 is 1.65 bits per heavy atom. The zero-order chi connectivity index (χ0) is 22.4. The molecule has 0 atom stereocenters. The summed E-state index contributed by atoms with van der Waals surface area (Å²) in [6.07, 6.45) is 0. The molecule has 3 aromatic rings. The van der Waals surface area contributed by atoms with Gasteiger partial charge in [0.2, 0.25) is 5.91 Å². The van der Waals surface area contributed by atoms with Gasteiger partial charge >= 0.3 is 0 Å². The van der Waals surface area contributed by atoms with Gasteiger partial charge in [0.15, 0.2) is 0 Å². The predicted octanol–water partition coefficient (Wildman–Crippen LogP) is 4.37. The number of carbonyl (C=O) groups is 1. The normalized spacial score (nSPS) is 11.1. The van der Waals surface area contributed by atoms with Crippen LogP contribution in [0.5, 0.6) is 5.75 Å². The summed E-state index contributed by atoms with van der Waals surface area (Å²) in [5.74, 6) is -0.982. The number of nitrogens with zero attached hydrogens (tertiary/aromatic N) is 1. The first-order valence-electron chi connectivity index (χ1n) is 9.68. The molecule has 162 valence electrons. The van der Waals surface area contributed by atoms with Crippen molar-refractivity contribution in [2.24, 2.45) is 0 Å². The minimum absolute atomic E-state index is 0.0294. The van der Waals surface area contributed by atoms with Crippen molar-refractivity contribution in [2.75, 3.05) is 22.8 Å². The maximum atomic E-state index is 13.9. The molecule has 0 heterocycles. The highest BCUT2D eigenvalue weighted by molar-refractivity contribution is 7.92. The van der Waals surface area contributed by atoms with Crippen molar-refractivity contribution in [3.63, 3.8) is 0 Å². The van der Waals surface area contributed by atoms with Crippen molar-refractivity contribution < 1.29 is 22.3 Å². The van der Waals surface area contributed by atoms with Gasteiger partial charge in [-0.2, -0.15) is 0 Å². The SMILES string of the molecule is CCOc1ccccc1N(CC(=O)Nc1ccccc1F)S(=O)(=O)c1ccc(C)cc1. The molecule has 3 aromatic carbocycles. The van der Waals surface area contributed by atoms with Crippen LogP contribution in [0.2, 0.25) is 0 Å². The number of hydrogen-bond acceptors (Lipinski definition) is 4. The zero-order valence-corrected chi connectivity index (χ0v) is 18.0. The van der Waals surface area contributed by atoms with Crippen molar-refractivity contribution >= 4 is 27.3 Å². The first-order chi connectivity index (χ1) is 14.8. The molecule has 0 aliphatic heterocycles. The van der Waals surface area contributed by atoms with E-state index in [1.165, 1.54) is 30.3 Å². The number of sulfonamides is 1. The maximum Gasteiger partial charge on any atom is 0.264 e. The van der Waals surface area contributed by atoms with E-state index >= 15 is 0 Å². The van der Waals surface area contributed by atoms with E-state index in [-0.39, 0.29) is 16.3 Å². The molecule has 0 aromatic heterocycles. The number of para-hydroxylation sites is 3. The number of ether oxygens (including phenoxy) is 1. The molecular weight excluding hydrogens is 419 g/mol. The molecular formula is C23H23FN2O4S. The van der Waals surface area contributed by atoms with E-state index in [0.717, 1.165) is 9.87 Å². The highest BCUT2D eigenvalue weighted by atomic mass is 32.2. The molecule has 0 fully saturated rings. The number of carbonyl (C=O) groups excluding carboxylic acids is 1. The Balaban J connectivity index is 2.01. The number of nitrogens with one attached hydrogen (secondary N) is 1. The van der Waals surface area contributed by atoms with Gasteiger partial charge in [-0.05, 0) is 50.2 Å². The summed E-state index contributed by atoms with van der Waals surface area (Å²) in [4.78, 5) is 12.8. The number of benzene rings is 3. The maximum absolute atomic E-state index is 13.9. The third-order valence-corrected chi connectivity index (χ3v) is 6.25. The van der Waals surface area contributed by atoms with Crippen LogP contribution in [0.25, 0.3) is 0 Å². The molecule has 3 rings (SSSR count). The van der Waals surface area contributed by atoms with Gasteiger partial charge in [-0.25, -0.2) is 12.8 Å². The Kier molecular flexibility index (Phi) is 6.91. The van der Waals surface area contributed by atoms with Crippen LogP contribution in [0.3, 0.4) is 0 Å². The third kappa shape index (κ3) is 5.21. The molecule has 0 saturated carbocycles.